The first kappa shape index (κ1) is 27.7. The van der Waals surface area contributed by atoms with Gasteiger partial charge in [0.1, 0.15) is 4.83 Å². The third kappa shape index (κ3) is 6.21. The van der Waals surface area contributed by atoms with E-state index in [9.17, 15) is 14.4 Å². The Kier molecular flexibility index (Phi) is 8.98. The number of carbonyl (C=O) groups is 2. The molecule has 0 bridgehead atoms. The van der Waals surface area contributed by atoms with Gasteiger partial charge in [-0.15, -0.1) is 11.3 Å². The molecule has 1 aliphatic carbocycles. The van der Waals surface area contributed by atoms with Crippen LogP contribution in [0.5, 0.6) is 0 Å². The van der Waals surface area contributed by atoms with E-state index >= 15 is 0 Å². The van der Waals surface area contributed by atoms with Gasteiger partial charge < -0.3 is 10.2 Å². The van der Waals surface area contributed by atoms with E-state index < -0.39 is 0 Å². The minimum Gasteiger partial charge on any atom is -0.352 e. The number of carbonyl (C=O) groups excluding carboxylic acids is 2. The summed E-state index contributed by atoms with van der Waals surface area (Å²) in [6.45, 7) is 4.18. The number of amides is 2. The predicted octanol–water partition coefficient (Wildman–Crippen LogP) is 5.29. The molecular weight excluding hydrogens is 528 g/mol. The molecule has 37 heavy (non-hydrogen) atoms. The summed E-state index contributed by atoms with van der Waals surface area (Å²) in [4.78, 5) is 47.1. The minimum absolute atomic E-state index is 0.0103. The van der Waals surface area contributed by atoms with Gasteiger partial charge in [-0.2, -0.15) is 0 Å². The highest BCUT2D eigenvalue weighted by Gasteiger charge is 2.27. The van der Waals surface area contributed by atoms with Crippen molar-refractivity contribution >= 4 is 56.7 Å². The van der Waals surface area contributed by atoms with Gasteiger partial charge in [-0.05, 0) is 55.9 Å². The van der Waals surface area contributed by atoms with Crippen molar-refractivity contribution in [2.75, 3.05) is 14.1 Å². The number of nitrogens with one attached hydrogen (secondary N) is 1. The van der Waals surface area contributed by atoms with Crippen LogP contribution in [0.3, 0.4) is 0 Å². The molecule has 1 atom stereocenters. The smallest absolute Gasteiger partial charge is 0.263 e. The van der Waals surface area contributed by atoms with Gasteiger partial charge in [0.25, 0.3) is 11.5 Å². The zero-order chi connectivity index (χ0) is 26.7. The quantitative estimate of drug-likeness (QED) is 0.284. The molecule has 10 heteroatoms. The van der Waals surface area contributed by atoms with E-state index in [2.05, 4.69) is 5.32 Å². The fourth-order valence-electron chi connectivity index (χ4n) is 4.60. The minimum atomic E-state index is -0.365. The third-order valence-electron chi connectivity index (χ3n) is 6.77. The molecule has 1 aliphatic rings. The molecule has 4 rings (SSSR count). The Balaban J connectivity index is 1.72. The maximum absolute atomic E-state index is 13.8. The fourth-order valence-corrected chi connectivity index (χ4v) is 7.02. The largest absolute Gasteiger partial charge is 0.352 e. The van der Waals surface area contributed by atoms with Crippen molar-refractivity contribution in [3.63, 3.8) is 0 Å². The second-order valence-electron chi connectivity index (χ2n) is 9.67. The van der Waals surface area contributed by atoms with Gasteiger partial charge in [-0.3, -0.25) is 19.0 Å². The Hall–Kier alpha value is -2.36. The molecule has 2 aromatic heterocycles. The molecule has 1 unspecified atom stereocenters. The average Bonchev–Trinajstić information content (AvgIpc) is 3.50. The summed E-state index contributed by atoms with van der Waals surface area (Å²) in [6, 6.07) is 7.78. The van der Waals surface area contributed by atoms with Crippen LogP contribution in [0.4, 0.5) is 0 Å². The first-order valence-electron chi connectivity index (χ1n) is 12.7. The SMILES string of the molecule is CCC(Sc1nc2sc(C(=O)N(C)C)c(C)c2c(=O)n1CCc1ccc(Cl)cc1)C(=O)NC1CCCC1. The lowest BCUT2D eigenvalue weighted by Gasteiger charge is -2.20. The number of hydrogen-bond donors (Lipinski definition) is 1. The molecule has 0 saturated heterocycles. The van der Waals surface area contributed by atoms with Gasteiger partial charge in [-0.1, -0.05) is 55.3 Å². The molecule has 198 valence electrons. The Labute approximate surface area is 230 Å². The van der Waals surface area contributed by atoms with Crippen LogP contribution < -0.4 is 10.9 Å². The number of halogens is 1. The first-order chi connectivity index (χ1) is 17.7. The van der Waals surface area contributed by atoms with Gasteiger partial charge in [-0.25, -0.2) is 4.98 Å². The van der Waals surface area contributed by atoms with Crippen molar-refractivity contribution in [2.45, 2.75) is 75.4 Å². The van der Waals surface area contributed by atoms with E-state index in [0.29, 0.717) is 50.2 Å². The lowest BCUT2D eigenvalue weighted by atomic mass is 10.1. The molecule has 2 heterocycles. The third-order valence-corrected chi connectivity index (χ3v) is 9.55. The summed E-state index contributed by atoms with van der Waals surface area (Å²) in [5, 5.41) is 4.46. The maximum atomic E-state index is 13.8. The number of aryl methyl sites for hydroxylation is 2. The molecule has 1 aromatic carbocycles. The molecule has 1 N–H and O–H groups in total. The zero-order valence-electron chi connectivity index (χ0n) is 21.7. The van der Waals surface area contributed by atoms with E-state index in [1.54, 1.807) is 25.6 Å². The molecule has 0 radical (unpaired) electrons. The highest BCUT2D eigenvalue weighted by atomic mass is 35.5. The molecule has 2 amide bonds. The second-order valence-corrected chi connectivity index (χ2v) is 12.3. The van der Waals surface area contributed by atoms with E-state index in [4.69, 9.17) is 16.6 Å². The highest BCUT2D eigenvalue weighted by molar-refractivity contribution is 8.00. The summed E-state index contributed by atoms with van der Waals surface area (Å²) < 4.78 is 1.66. The van der Waals surface area contributed by atoms with Crippen LogP contribution in [0, 0.1) is 6.92 Å². The highest BCUT2D eigenvalue weighted by Crippen LogP contribution is 2.32. The predicted molar refractivity (Wildman–Crippen MR) is 152 cm³/mol. The molecule has 1 saturated carbocycles. The van der Waals surface area contributed by atoms with Crippen LogP contribution in [-0.2, 0) is 17.8 Å². The maximum Gasteiger partial charge on any atom is 0.263 e. The van der Waals surface area contributed by atoms with E-state index in [1.807, 2.05) is 31.2 Å². The van der Waals surface area contributed by atoms with Crippen LogP contribution in [-0.4, -0.2) is 51.7 Å². The summed E-state index contributed by atoms with van der Waals surface area (Å²) in [7, 11) is 3.39. The standard InChI is InChI=1S/C27H33ClN4O3S2/c1-5-20(23(33)29-19-8-6-7-9-19)36-27-30-24-21(16(2)22(37-24)26(35)31(3)4)25(34)32(27)15-14-17-10-12-18(28)13-11-17/h10-13,19-20H,5-9,14-15H2,1-4H3,(H,29,33). The topological polar surface area (TPSA) is 84.3 Å². The molecule has 3 aromatic rings. The van der Waals surface area contributed by atoms with Crippen LogP contribution in [0.2, 0.25) is 5.02 Å². The number of thiophene rings is 1. The van der Waals surface area contributed by atoms with E-state index in [0.717, 1.165) is 31.2 Å². The van der Waals surface area contributed by atoms with Crippen molar-refractivity contribution in [3.8, 4) is 0 Å². The average molecular weight is 561 g/mol. The molecule has 7 nitrogen and oxygen atoms in total. The van der Waals surface area contributed by atoms with Gasteiger partial charge in [0, 0.05) is 31.7 Å². The monoisotopic (exact) mass is 560 g/mol. The Morgan fingerprint density at radius 3 is 2.54 bits per heavy atom. The van der Waals surface area contributed by atoms with Crippen LogP contribution >= 0.6 is 34.7 Å². The van der Waals surface area contributed by atoms with Crippen molar-refractivity contribution in [1.82, 2.24) is 19.8 Å². The van der Waals surface area contributed by atoms with Crippen molar-refractivity contribution in [3.05, 3.63) is 55.6 Å². The van der Waals surface area contributed by atoms with Gasteiger partial charge in [0.2, 0.25) is 5.91 Å². The zero-order valence-corrected chi connectivity index (χ0v) is 24.1. The number of thioether (sulfide) groups is 1. The fraction of sp³-hybridized carbons (Fsp3) is 0.481. The normalized spacial score (nSPS) is 14.7. The number of nitrogens with zero attached hydrogens (tertiary/aromatic N) is 3. The lowest BCUT2D eigenvalue weighted by Crippen LogP contribution is -2.39. The Morgan fingerprint density at radius 1 is 1.24 bits per heavy atom. The summed E-state index contributed by atoms with van der Waals surface area (Å²) in [5.41, 5.74) is 1.52. The number of rotatable bonds is 9. The Morgan fingerprint density at radius 2 is 1.92 bits per heavy atom. The van der Waals surface area contributed by atoms with Crippen LogP contribution in [0.25, 0.3) is 10.2 Å². The second kappa shape index (κ2) is 12.0. The van der Waals surface area contributed by atoms with Gasteiger partial charge in [0.05, 0.1) is 15.5 Å². The van der Waals surface area contributed by atoms with E-state index in [-0.39, 0.29) is 28.7 Å². The summed E-state index contributed by atoms with van der Waals surface area (Å²) >= 11 is 8.61. The molecular formula is C27H33ClN4O3S2. The number of aromatic nitrogens is 2. The summed E-state index contributed by atoms with van der Waals surface area (Å²) in [5.74, 6) is -0.159. The van der Waals surface area contributed by atoms with Crippen molar-refractivity contribution < 1.29 is 9.59 Å². The van der Waals surface area contributed by atoms with Crippen molar-refractivity contribution in [1.29, 1.82) is 0 Å². The van der Waals surface area contributed by atoms with Crippen LogP contribution in [0.15, 0.2) is 34.2 Å². The molecule has 0 aliphatic heterocycles. The van der Waals surface area contributed by atoms with Crippen LogP contribution in [0.1, 0.15) is 59.8 Å². The molecule has 1 fully saturated rings. The summed E-state index contributed by atoms with van der Waals surface area (Å²) in [6.07, 6.45) is 5.53. The number of hydrogen-bond acceptors (Lipinski definition) is 6. The first-order valence-corrected chi connectivity index (χ1v) is 14.7. The lowest BCUT2D eigenvalue weighted by molar-refractivity contribution is -0.121. The number of benzene rings is 1. The van der Waals surface area contributed by atoms with Crippen molar-refractivity contribution in [2.24, 2.45) is 0 Å². The van der Waals surface area contributed by atoms with Gasteiger partial charge >= 0.3 is 0 Å². The van der Waals surface area contributed by atoms with E-state index in [1.165, 1.54) is 28.0 Å². The molecule has 0 spiro atoms. The Bertz CT molecular complexity index is 1340. The van der Waals surface area contributed by atoms with Gasteiger partial charge in [0.15, 0.2) is 5.16 Å². The number of fused-ring (bicyclic) bond motifs is 1.